The Labute approximate surface area is 103 Å². The van der Waals surface area contributed by atoms with Crippen LogP contribution in [0.5, 0.6) is 0 Å². The second-order valence-electron chi connectivity index (χ2n) is 5.37. The number of nitrogens with one attached hydrogen (secondary N) is 2. The van der Waals surface area contributed by atoms with Gasteiger partial charge in [-0.1, -0.05) is 20.8 Å². The summed E-state index contributed by atoms with van der Waals surface area (Å²) in [5, 5.41) is 5.11. The fourth-order valence-corrected chi connectivity index (χ4v) is 1.25. The maximum absolute atomic E-state index is 11.6. The number of carbonyl (C=O) groups excluding carboxylic acids is 2. The van der Waals surface area contributed by atoms with Crippen molar-refractivity contribution in [2.75, 3.05) is 13.7 Å². The lowest BCUT2D eigenvalue weighted by Gasteiger charge is -2.27. The van der Waals surface area contributed by atoms with Gasteiger partial charge in [0.2, 0.25) is 11.8 Å². The van der Waals surface area contributed by atoms with E-state index in [0.29, 0.717) is 6.61 Å². The average molecular weight is 244 g/mol. The van der Waals surface area contributed by atoms with E-state index in [1.807, 2.05) is 20.8 Å². The zero-order chi connectivity index (χ0) is 13.6. The predicted molar refractivity (Wildman–Crippen MR) is 66.5 cm³/mol. The fraction of sp³-hybridized carbons (Fsp3) is 0.833. The molecule has 0 saturated carbocycles. The molecule has 2 N–H and O–H groups in total. The number of hydrogen-bond donors (Lipinski definition) is 2. The largest absolute Gasteiger partial charge is 0.375 e. The molecule has 0 aromatic heterocycles. The van der Waals surface area contributed by atoms with Gasteiger partial charge in [0, 0.05) is 14.0 Å². The topological polar surface area (TPSA) is 67.4 Å². The third kappa shape index (κ3) is 6.94. The van der Waals surface area contributed by atoms with E-state index in [0.717, 1.165) is 0 Å². The zero-order valence-corrected chi connectivity index (χ0v) is 11.6. The van der Waals surface area contributed by atoms with Crippen molar-refractivity contribution in [3.8, 4) is 0 Å². The first-order chi connectivity index (χ1) is 7.67. The van der Waals surface area contributed by atoms with Crippen molar-refractivity contribution in [1.82, 2.24) is 10.6 Å². The van der Waals surface area contributed by atoms with E-state index in [1.54, 1.807) is 6.92 Å². The van der Waals surface area contributed by atoms with E-state index in [1.165, 1.54) is 14.0 Å². The number of rotatable bonds is 5. The van der Waals surface area contributed by atoms with Gasteiger partial charge < -0.3 is 15.4 Å². The van der Waals surface area contributed by atoms with Gasteiger partial charge in [-0.15, -0.1) is 0 Å². The summed E-state index contributed by atoms with van der Waals surface area (Å²) in [5.41, 5.74) is 0.0255. The molecule has 0 heterocycles. The van der Waals surface area contributed by atoms with E-state index in [9.17, 15) is 9.59 Å². The minimum absolute atomic E-state index is 0.0255. The Morgan fingerprint density at radius 3 is 2.18 bits per heavy atom. The first-order valence-electron chi connectivity index (χ1n) is 5.77. The lowest BCUT2D eigenvalue weighted by molar-refractivity contribution is -0.132. The molecule has 5 heteroatoms. The number of amides is 2. The van der Waals surface area contributed by atoms with Gasteiger partial charge in [-0.05, 0) is 12.3 Å². The molecule has 0 saturated heterocycles. The Morgan fingerprint density at radius 2 is 1.82 bits per heavy atom. The van der Waals surface area contributed by atoms with Crippen molar-refractivity contribution in [2.45, 2.75) is 46.8 Å². The van der Waals surface area contributed by atoms with E-state index >= 15 is 0 Å². The fourth-order valence-electron chi connectivity index (χ4n) is 1.25. The van der Waals surface area contributed by atoms with Crippen molar-refractivity contribution < 1.29 is 14.3 Å². The number of likely N-dealkylation sites (N-methyl/N-ethyl adjacent to an activating group) is 1. The number of carbonyl (C=O) groups is 2. The lowest BCUT2D eigenvalue weighted by Crippen LogP contribution is -2.52. The van der Waals surface area contributed by atoms with Crippen LogP contribution < -0.4 is 10.6 Å². The van der Waals surface area contributed by atoms with Crippen molar-refractivity contribution in [3.63, 3.8) is 0 Å². The predicted octanol–water partition coefficient (Wildman–Crippen LogP) is 0.688. The van der Waals surface area contributed by atoms with Crippen LogP contribution in [0.2, 0.25) is 0 Å². The molecular weight excluding hydrogens is 220 g/mol. The van der Waals surface area contributed by atoms with Gasteiger partial charge in [0.05, 0.1) is 12.7 Å². The molecule has 0 aromatic carbocycles. The van der Waals surface area contributed by atoms with Crippen LogP contribution in [-0.4, -0.2) is 37.6 Å². The summed E-state index contributed by atoms with van der Waals surface area (Å²) in [7, 11) is 1.54. The normalized spacial score (nSPS) is 14.9. The third-order valence-corrected chi connectivity index (χ3v) is 2.14. The summed E-state index contributed by atoms with van der Waals surface area (Å²) in [6.45, 7) is 9.84. The molecule has 0 radical (unpaired) electrons. The zero-order valence-electron chi connectivity index (χ0n) is 11.6. The molecule has 100 valence electrons. The number of hydrogen-bond acceptors (Lipinski definition) is 3. The summed E-state index contributed by atoms with van der Waals surface area (Å²) in [4.78, 5) is 22.6. The highest BCUT2D eigenvalue weighted by molar-refractivity contribution is 5.87. The maximum Gasteiger partial charge on any atom is 0.245 e. The molecule has 2 atom stereocenters. The van der Waals surface area contributed by atoms with Crippen LogP contribution in [0.15, 0.2) is 0 Å². The summed E-state index contributed by atoms with van der Waals surface area (Å²) in [6.07, 6.45) is -0.363. The molecule has 5 nitrogen and oxygen atoms in total. The van der Waals surface area contributed by atoms with E-state index in [4.69, 9.17) is 4.74 Å². The van der Waals surface area contributed by atoms with Crippen LogP contribution >= 0.6 is 0 Å². The molecule has 0 aromatic rings. The van der Waals surface area contributed by atoms with Crippen LogP contribution in [0.1, 0.15) is 34.6 Å². The second kappa shape index (κ2) is 6.59. The van der Waals surface area contributed by atoms with E-state index < -0.39 is 6.04 Å². The minimum Gasteiger partial charge on any atom is -0.375 e. The van der Waals surface area contributed by atoms with Gasteiger partial charge in [0.25, 0.3) is 0 Å². The van der Waals surface area contributed by atoms with Crippen LogP contribution in [0.3, 0.4) is 0 Å². The van der Waals surface area contributed by atoms with Crippen LogP contribution in [0.25, 0.3) is 0 Å². The van der Waals surface area contributed by atoms with Crippen molar-refractivity contribution in [3.05, 3.63) is 0 Å². The highest BCUT2D eigenvalue weighted by Gasteiger charge is 2.26. The molecule has 0 rings (SSSR count). The van der Waals surface area contributed by atoms with Crippen LogP contribution in [0, 0.1) is 5.41 Å². The first kappa shape index (κ1) is 15.9. The Balaban J connectivity index is 4.47. The molecule has 0 aliphatic heterocycles. The SMILES string of the molecule is CNC(=O)C(NC(C)=O)C(C)OCC(C)(C)C. The van der Waals surface area contributed by atoms with Crippen LogP contribution in [-0.2, 0) is 14.3 Å². The smallest absolute Gasteiger partial charge is 0.245 e. The van der Waals surface area contributed by atoms with Gasteiger partial charge in [-0.25, -0.2) is 0 Å². The van der Waals surface area contributed by atoms with Gasteiger partial charge in [0.1, 0.15) is 6.04 Å². The summed E-state index contributed by atoms with van der Waals surface area (Å²) >= 11 is 0. The highest BCUT2D eigenvalue weighted by Crippen LogP contribution is 2.15. The first-order valence-corrected chi connectivity index (χ1v) is 5.77. The summed E-state index contributed by atoms with van der Waals surface area (Å²) < 4.78 is 5.62. The molecule has 2 unspecified atom stereocenters. The third-order valence-electron chi connectivity index (χ3n) is 2.14. The molecular formula is C12H24N2O3. The molecule has 2 amide bonds. The monoisotopic (exact) mass is 244 g/mol. The Kier molecular flexibility index (Phi) is 6.16. The van der Waals surface area contributed by atoms with Crippen LogP contribution in [0.4, 0.5) is 0 Å². The molecule has 0 aliphatic rings. The van der Waals surface area contributed by atoms with Gasteiger partial charge >= 0.3 is 0 Å². The van der Waals surface area contributed by atoms with Crippen molar-refractivity contribution in [1.29, 1.82) is 0 Å². The standard InChI is InChI=1S/C12H24N2O3/c1-8(17-7-12(3,4)5)10(11(16)13-6)14-9(2)15/h8,10H,7H2,1-6H3,(H,13,16)(H,14,15). The quantitative estimate of drug-likeness (QED) is 0.747. The Hall–Kier alpha value is -1.10. The van der Waals surface area contributed by atoms with Gasteiger partial charge in [0.15, 0.2) is 0 Å². The van der Waals surface area contributed by atoms with E-state index in [-0.39, 0.29) is 23.3 Å². The molecule has 0 bridgehead atoms. The molecule has 17 heavy (non-hydrogen) atoms. The average Bonchev–Trinajstić information content (AvgIpc) is 2.20. The van der Waals surface area contributed by atoms with Crippen molar-refractivity contribution >= 4 is 11.8 Å². The molecule has 0 aliphatic carbocycles. The molecule has 0 fully saturated rings. The molecule has 0 spiro atoms. The Morgan fingerprint density at radius 1 is 1.29 bits per heavy atom. The second-order valence-corrected chi connectivity index (χ2v) is 5.37. The van der Waals surface area contributed by atoms with Gasteiger partial charge in [-0.3, -0.25) is 9.59 Å². The maximum atomic E-state index is 11.6. The summed E-state index contributed by atoms with van der Waals surface area (Å²) in [6, 6.07) is -0.653. The minimum atomic E-state index is -0.653. The summed E-state index contributed by atoms with van der Waals surface area (Å²) in [5.74, 6) is -0.494. The van der Waals surface area contributed by atoms with E-state index in [2.05, 4.69) is 10.6 Å². The van der Waals surface area contributed by atoms with Gasteiger partial charge in [-0.2, -0.15) is 0 Å². The lowest BCUT2D eigenvalue weighted by atomic mass is 9.98. The number of ether oxygens (including phenoxy) is 1. The highest BCUT2D eigenvalue weighted by atomic mass is 16.5. The van der Waals surface area contributed by atoms with Crippen molar-refractivity contribution in [2.24, 2.45) is 5.41 Å². The Bertz CT molecular complexity index is 271.